The van der Waals surface area contributed by atoms with E-state index in [0.717, 1.165) is 4.57 Å². The highest BCUT2D eigenvalue weighted by Crippen LogP contribution is 2.19. The maximum absolute atomic E-state index is 13.5. The monoisotopic (exact) mass is 422 g/mol. The summed E-state index contributed by atoms with van der Waals surface area (Å²) in [5.74, 6) is -0.690. The molecular formula is C23H23FN4O3. The minimum Gasteiger partial charge on any atom is -0.362 e. The van der Waals surface area contributed by atoms with Gasteiger partial charge in [-0.3, -0.25) is 18.7 Å². The molecule has 0 spiro atoms. The van der Waals surface area contributed by atoms with Crippen LogP contribution in [0.4, 0.5) is 10.1 Å². The molecule has 1 fully saturated rings. The van der Waals surface area contributed by atoms with Crippen LogP contribution in [0, 0.1) is 12.7 Å². The molecule has 1 aliphatic rings. The van der Waals surface area contributed by atoms with Gasteiger partial charge in [-0.25, -0.2) is 9.18 Å². The third-order valence-electron chi connectivity index (χ3n) is 5.63. The van der Waals surface area contributed by atoms with Crippen LogP contribution < -0.4 is 16.1 Å². The number of piperazine rings is 1. The molecule has 0 N–H and O–H groups in total. The number of hydrogen-bond donors (Lipinski definition) is 0. The second-order valence-corrected chi connectivity index (χ2v) is 7.54. The number of para-hydroxylation sites is 1. The molecule has 0 unspecified atom stereocenters. The van der Waals surface area contributed by atoms with Gasteiger partial charge in [0, 0.05) is 38.8 Å². The van der Waals surface area contributed by atoms with Gasteiger partial charge in [0.25, 0.3) is 11.5 Å². The van der Waals surface area contributed by atoms with Crippen LogP contribution in [0.1, 0.15) is 16.1 Å². The molecule has 1 aliphatic heterocycles. The topological polar surface area (TPSA) is 67.6 Å². The molecule has 7 nitrogen and oxygen atoms in total. The lowest BCUT2D eigenvalue weighted by molar-refractivity contribution is 0.0746. The van der Waals surface area contributed by atoms with Gasteiger partial charge in [0.05, 0.1) is 11.4 Å². The van der Waals surface area contributed by atoms with Crippen LogP contribution in [0.5, 0.6) is 0 Å². The minimum atomic E-state index is -0.452. The number of amides is 1. The van der Waals surface area contributed by atoms with E-state index < -0.39 is 11.5 Å². The highest BCUT2D eigenvalue weighted by atomic mass is 19.1. The van der Waals surface area contributed by atoms with Crippen molar-refractivity contribution in [2.24, 2.45) is 7.05 Å². The first-order valence-electron chi connectivity index (χ1n) is 10.1. The average molecular weight is 422 g/mol. The third kappa shape index (κ3) is 3.76. The Morgan fingerprint density at radius 3 is 2.26 bits per heavy atom. The third-order valence-corrected chi connectivity index (χ3v) is 5.63. The summed E-state index contributed by atoms with van der Waals surface area (Å²) in [6, 6.07) is 14.8. The van der Waals surface area contributed by atoms with Crippen molar-refractivity contribution in [1.29, 1.82) is 0 Å². The van der Waals surface area contributed by atoms with Crippen LogP contribution in [0.15, 0.2) is 64.2 Å². The quantitative estimate of drug-likeness (QED) is 0.647. The first kappa shape index (κ1) is 20.6. The highest BCUT2D eigenvalue weighted by Gasteiger charge is 2.27. The van der Waals surface area contributed by atoms with Crippen LogP contribution in [0.25, 0.3) is 5.69 Å². The van der Waals surface area contributed by atoms with E-state index >= 15 is 0 Å². The lowest BCUT2D eigenvalue weighted by Crippen LogP contribution is -2.52. The Labute approximate surface area is 178 Å². The Balaban J connectivity index is 1.63. The van der Waals surface area contributed by atoms with E-state index in [1.165, 1.54) is 29.8 Å². The predicted octanol–water partition coefficient (Wildman–Crippen LogP) is 1.95. The first-order valence-corrected chi connectivity index (χ1v) is 10.1. The summed E-state index contributed by atoms with van der Waals surface area (Å²) in [4.78, 5) is 42.0. The van der Waals surface area contributed by atoms with Crippen molar-refractivity contribution < 1.29 is 9.18 Å². The predicted molar refractivity (Wildman–Crippen MR) is 117 cm³/mol. The van der Waals surface area contributed by atoms with Gasteiger partial charge in [-0.05, 0) is 37.3 Å². The number of aromatic nitrogens is 2. The number of rotatable bonds is 3. The molecule has 0 atom stereocenters. The zero-order valence-electron chi connectivity index (χ0n) is 17.4. The summed E-state index contributed by atoms with van der Waals surface area (Å²) in [6.45, 7) is 3.41. The zero-order valence-corrected chi connectivity index (χ0v) is 17.4. The van der Waals surface area contributed by atoms with Crippen LogP contribution in [0.3, 0.4) is 0 Å². The molecule has 3 aromatic rings. The molecule has 2 heterocycles. The van der Waals surface area contributed by atoms with Gasteiger partial charge in [0.2, 0.25) is 0 Å². The van der Waals surface area contributed by atoms with Crippen molar-refractivity contribution in [1.82, 2.24) is 14.0 Å². The second kappa shape index (κ2) is 8.22. The van der Waals surface area contributed by atoms with Crippen molar-refractivity contribution >= 4 is 11.6 Å². The maximum Gasteiger partial charge on any atom is 0.335 e. The lowest BCUT2D eigenvalue weighted by Gasteiger charge is -2.36. The lowest BCUT2D eigenvalue weighted by atomic mass is 10.1. The Hall–Kier alpha value is -3.68. The fourth-order valence-electron chi connectivity index (χ4n) is 3.98. The highest BCUT2D eigenvalue weighted by molar-refractivity contribution is 5.94. The molecule has 0 bridgehead atoms. The van der Waals surface area contributed by atoms with E-state index in [0.29, 0.717) is 48.8 Å². The number of carbonyl (C=O) groups is 1. The van der Waals surface area contributed by atoms with E-state index in [-0.39, 0.29) is 11.5 Å². The molecule has 160 valence electrons. The summed E-state index contributed by atoms with van der Waals surface area (Å²) in [7, 11) is 1.47. The van der Waals surface area contributed by atoms with E-state index in [4.69, 9.17) is 0 Å². The van der Waals surface area contributed by atoms with Gasteiger partial charge in [-0.15, -0.1) is 0 Å². The molecule has 4 rings (SSSR count). The Morgan fingerprint density at radius 2 is 1.61 bits per heavy atom. The van der Waals surface area contributed by atoms with Gasteiger partial charge in [-0.2, -0.15) is 0 Å². The number of halogens is 1. The standard InChI is InChI=1S/C23H23FN4O3/c1-16-20(22(30)25(2)23(31)28(16)19-9-4-3-5-10-19)26-11-13-27(14-12-26)21(29)17-7-6-8-18(24)15-17/h3-10,15H,11-14H2,1-2H3. The molecular weight excluding hydrogens is 399 g/mol. The van der Waals surface area contributed by atoms with Crippen molar-refractivity contribution in [2.45, 2.75) is 6.92 Å². The van der Waals surface area contributed by atoms with Crippen molar-refractivity contribution in [3.05, 3.63) is 92.5 Å². The number of carbonyl (C=O) groups excluding carboxylic acids is 1. The van der Waals surface area contributed by atoms with Crippen LogP contribution in [-0.2, 0) is 7.05 Å². The van der Waals surface area contributed by atoms with Crippen molar-refractivity contribution in [3.8, 4) is 5.69 Å². The second-order valence-electron chi connectivity index (χ2n) is 7.54. The minimum absolute atomic E-state index is 0.238. The van der Waals surface area contributed by atoms with E-state index in [1.54, 1.807) is 17.9 Å². The summed E-state index contributed by atoms with van der Waals surface area (Å²) in [6.07, 6.45) is 0. The Morgan fingerprint density at radius 1 is 0.935 bits per heavy atom. The molecule has 0 radical (unpaired) electrons. The summed E-state index contributed by atoms with van der Waals surface area (Å²) in [5.41, 5.74) is 1.23. The SMILES string of the molecule is Cc1c(N2CCN(C(=O)c3cccc(F)c3)CC2)c(=O)n(C)c(=O)n1-c1ccccc1. The summed E-state index contributed by atoms with van der Waals surface area (Å²) in [5, 5.41) is 0. The van der Waals surface area contributed by atoms with Gasteiger partial charge in [0.1, 0.15) is 11.5 Å². The van der Waals surface area contributed by atoms with Gasteiger partial charge in [0.15, 0.2) is 0 Å². The first-order chi connectivity index (χ1) is 14.9. The average Bonchev–Trinajstić information content (AvgIpc) is 2.78. The fraction of sp³-hybridized carbons (Fsp3) is 0.261. The van der Waals surface area contributed by atoms with Crippen LogP contribution in [-0.4, -0.2) is 46.1 Å². The molecule has 1 amide bonds. The molecule has 0 saturated carbocycles. The Bertz CT molecular complexity index is 1240. The number of nitrogens with zero attached hydrogens (tertiary/aromatic N) is 4. The van der Waals surface area contributed by atoms with Gasteiger partial charge >= 0.3 is 5.69 Å². The van der Waals surface area contributed by atoms with Crippen molar-refractivity contribution in [3.63, 3.8) is 0 Å². The van der Waals surface area contributed by atoms with E-state index in [9.17, 15) is 18.8 Å². The smallest absolute Gasteiger partial charge is 0.335 e. The number of benzene rings is 2. The molecule has 8 heteroatoms. The zero-order chi connectivity index (χ0) is 22.1. The van der Waals surface area contributed by atoms with Crippen LogP contribution in [0.2, 0.25) is 0 Å². The van der Waals surface area contributed by atoms with Gasteiger partial charge in [-0.1, -0.05) is 24.3 Å². The molecule has 31 heavy (non-hydrogen) atoms. The largest absolute Gasteiger partial charge is 0.362 e. The number of hydrogen-bond acceptors (Lipinski definition) is 4. The summed E-state index contributed by atoms with van der Waals surface area (Å²) >= 11 is 0. The molecule has 2 aromatic carbocycles. The maximum atomic E-state index is 13.5. The molecule has 1 saturated heterocycles. The van der Waals surface area contributed by atoms with Gasteiger partial charge < -0.3 is 9.80 Å². The fourth-order valence-corrected chi connectivity index (χ4v) is 3.98. The van der Waals surface area contributed by atoms with Crippen molar-refractivity contribution in [2.75, 3.05) is 31.1 Å². The number of anilines is 1. The van der Waals surface area contributed by atoms with E-state index in [1.807, 2.05) is 35.2 Å². The molecule has 0 aliphatic carbocycles. The van der Waals surface area contributed by atoms with E-state index in [2.05, 4.69) is 0 Å². The van der Waals surface area contributed by atoms with Crippen LogP contribution >= 0.6 is 0 Å². The Kier molecular flexibility index (Phi) is 5.46. The molecule has 1 aromatic heterocycles. The normalized spacial score (nSPS) is 14.0. The summed E-state index contributed by atoms with van der Waals surface area (Å²) < 4.78 is 16.1.